The first-order chi connectivity index (χ1) is 15.1. The van der Waals surface area contributed by atoms with Crippen molar-refractivity contribution in [2.45, 2.75) is 45.1 Å². The molecule has 31 heavy (non-hydrogen) atoms. The Labute approximate surface area is 188 Å². The summed E-state index contributed by atoms with van der Waals surface area (Å²) in [6.07, 6.45) is 6.04. The Bertz CT molecular complexity index is 681. The number of aliphatic imine (C=N–C) groups is 1. The van der Waals surface area contributed by atoms with Crippen molar-refractivity contribution < 1.29 is 9.47 Å². The van der Waals surface area contributed by atoms with Gasteiger partial charge in [0.05, 0.1) is 14.2 Å². The molecular formula is C24H41N5O2. The predicted octanol–water partition coefficient (Wildman–Crippen LogP) is 2.96. The molecule has 7 heteroatoms. The van der Waals surface area contributed by atoms with Crippen molar-refractivity contribution in [3.8, 4) is 11.5 Å². The Kier molecular flexibility index (Phi) is 9.13. The molecule has 2 N–H and O–H groups in total. The average Bonchev–Trinajstić information content (AvgIpc) is 2.81. The molecule has 0 bridgehead atoms. The van der Waals surface area contributed by atoms with Crippen LogP contribution in [0.15, 0.2) is 23.2 Å². The van der Waals surface area contributed by atoms with Gasteiger partial charge in [-0.2, -0.15) is 0 Å². The van der Waals surface area contributed by atoms with E-state index in [1.165, 1.54) is 32.5 Å². The third-order valence-corrected chi connectivity index (χ3v) is 6.45. The van der Waals surface area contributed by atoms with Crippen molar-refractivity contribution in [3.05, 3.63) is 18.2 Å². The minimum atomic E-state index is 0.442. The van der Waals surface area contributed by atoms with Crippen LogP contribution in [0.3, 0.4) is 0 Å². The molecule has 0 spiro atoms. The number of hydrogen-bond donors (Lipinski definition) is 2. The van der Waals surface area contributed by atoms with Crippen molar-refractivity contribution in [2.75, 3.05) is 65.4 Å². The van der Waals surface area contributed by atoms with Crippen LogP contribution in [-0.4, -0.2) is 77.4 Å². The van der Waals surface area contributed by atoms with Gasteiger partial charge in [0.1, 0.15) is 11.5 Å². The maximum absolute atomic E-state index is 5.42. The first-order valence-electron chi connectivity index (χ1n) is 11.8. The molecule has 3 rings (SSSR count). The number of ether oxygens (including phenoxy) is 2. The van der Waals surface area contributed by atoms with Gasteiger partial charge in [0.25, 0.3) is 0 Å². The molecule has 2 fully saturated rings. The monoisotopic (exact) mass is 431 g/mol. The summed E-state index contributed by atoms with van der Waals surface area (Å²) in [7, 11) is 5.25. The number of hydrogen-bond acceptors (Lipinski definition) is 5. The molecule has 0 aromatic heterocycles. The number of rotatable bonds is 8. The van der Waals surface area contributed by atoms with Gasteiger partial charge in [0, 0.05) is 63.2 Å². The Morgan fingerprint density at radius 3 is 2.39 bits per heavy atom. The van der Waals surface area contributed by atoms with Crippen LogP contribution in [0.25, 0.3) is 0 Å². The Morgan fingerprint density at radius 1 is 1.06 bits per heavy atom. The standard InChI is InChI=1S/C24H41N5O2/c1-19-7-5-11-28(18-19)12-6-10-26-24(25-2)27-20-8-13-29(14-9-20)21-15-22(30-3)17-23(16-21)31-4/h15-17,19-20H,5-14,18H2,1-4H3,(H2,25,26,27). The zero-order valence-corrected chi connectivity index (χ0v) is 19.8. The van der Waals surface area contributed by atoms with E-state index in [4.69, 9.17) is 9.47 Å². The molecule has 0 saturated carbocycles. The van der Waals surface area contributed by atoms with Gasteiger partial charge in [-0.1, -0.05) is 6.92 Å². The van der Waals surface area contributed by atoms with E-state index in [-0.39, 0.29) is 0 Å². The molecule has 7 nitrogen and oxygen atoms in total. The van der Waals surface area contributed by atoms with E-state index in [2.05, 4.69) is 44.5 Å². The lowest BCUT2D eigenvalue weighted by molar-refractivity contribution is 0.182. The highest BCUT2D eigenvalue weighted by atomic mass is 16.5. The van der Waals surface area contributed by atoms with Crippen LogP contribution in [0.2, 0.25) is 0 Å². The lowest BCUT2D eigenvalue weighted by Gasteiger charge is -2.35. The summed E-state index contributed by atoms with van der Waals surface area (Å²) >= 11 is 0. The van der Waals surface area contributed by atoms with E-state index in [1.807, 2.05) is 13.1 Å². The minimum Gasteiger partial charge on any atom is -0.497 e. The molecule has 174 valence electrons. The van der Waals surface area contributed by atoms with Crippen molar-refractivity contribution in [2.24, 2.45) is 10.9 Å². The van der Waals surface area contributed by atoms with Crippen molar-refractivity contribution >= 4 is 11.6 Å². The number of anilines is 1. The lowest BCUT2D eigenvalue weighted by Crippen LogP contribution is -2.49. The minimum absolute atomic E-state index is 0.442. The van der Waals surface area contributed by atoms with Crippen LogP contribution in [0.1, 0.15) is 39.0 Å². The Hall–Kier alpha value is -2.15. The smallest absolute Gasteiger partial charge is 0.191 e. The summed E-state index contributed by atoms with van der Waals surface area (Å²) in [5.41, 5.74) is 1.16. The third kappa shape index (κ3) is 7.20. The quantitative estimate of drug-likeness (QED) is 0.375. The first kappa shape index (κ1) is 23.5. The van der Waals surface area contributed by atoms with Crippen LogP contribution >= 0.6 is 0 Å². The molecule has 1 atom stereocenters. The predicted molar refractivity (Wildman–Crippen MR) is 129 cm³/mol. The van der Waals surface area contributed by atoms with Gasteiger partial charge in [-0.05, 0) is 51.1 Å². The summed E-state index contributed by atoms with van der Waals surface area (Å²) in [5.74, 6) is 3.44. The Balaban J connectivity index is 1.39. The van der Waals surface area contributed by atoms with E-state index < -0.39 is 0 Å². The van der Waals surface area contributed by atoms with Crippen LogP contribution in [-0.2, 0) is 0 Å². The van der Waals surface area contributed by atoms with Crippen LogP contribution in [0, 0.1) is 5.92 Å². The summed E-state index contributed by atoms with van der Waals surface area (Å²) < 4.78 is 10.8. The van der Waals surface area contributed by atoms with E-state index >= 15 is 0 Å². The van der Waals surface area contributed by atoms with Crippen molar-refractivity contribution in [3.63, 3.8) is 0 Å². The maximum atomic E-state index is 5.42. The van der Waals surface area contributed by atoms with Gasteiger partial charge in [-0.3, -0.25) is 4.99 Å². The number of piperidine rings is 2. The number of likely N-dealkylation sites (tertiary alicyclic amines) is 1. The molecule has 1 aromatic rings. The molecule has 0 aliphatic carbocycles. The topological polar surface area (TPSA) is 61.4 Å². The molecule has 1 aromatic carbocycles. The highest BCUT2D eigenvalue weighted by Gasteiger charge is 2.21. The van der Waals surface area contributed by atoms with Crippen LogP contribution < -0.4 is 25.0 Å². The zero-order chi connectivity index (χ0) is 22.1. The summed E-state index contributed by atoms with van der Waals surface area (Å²) in [6.45, 7) is 9.02. The summed E-state index contributed by atoms with van der Waals surface area (Å²) in [6, 6.07) is 6.52. The van der Waals surface area contributed by atoms with Gasteiger partial charge in [0.15, 0.2) is 5.96 Å². The highest BCUT2D eigenvalue weighted by Crippen LogP contribution is 2.30. The molecule has 1 unspecified atom stereocenters. The third-order valence-electron chi connectivity index (χ3n) is 6.45. The average molecular weight is 432 g/mol. The largest absolute Gasteiger partial charge is 0.497 e. The fourth-order valence-corrected chi connectivity index (χ4v) is 4.64. The molecule has 2 heterocycles. The number of nitrogens with one attached hydrogen (secondary N) is 2. The molecule has 2 aliphatic heterocycles. The van der Waals surface area contributed by atoms with Gasteiger partial charge in [-0.25, -0.2) is 0 Å². The second-order valence-corrected chi connectivity index (χ2v) is 8.88. The summed E-state index contributed by atoms with van der Waals surface area (Å²) in [5, 5.41) is 7.12. The van der Waals surface area contributed by atoms with Crippen LogP contribution in [0.4, 0.5) is 5.69 Å². The number of benzene rings is 1. The van der Waals surface area contributed by atoms with E-state index in [0.29, 0.717) is 6.04 Å². The summed E-state index contributed by atoms with van der Waals surface area (Å²) in [4.78, 5) is 9.44. The van der Waals surface area contributed by atoms with Crippen LogP contribution in [0.5, 0.6) is 11.5 Å². The van der Waals surface area contributed by atoms with E-state index in [1.54, 1.807) is 14.2 Å². The highest BCUT2D eigenvalue weighted by molar-refractivity contribution is 5.80. The maximum Gasteiger partial charge on any atom is 0.191 e. The number of guanidine groups is 1. The van der Waals surface area contributed by atoms with E-state index in [0.717, 1.165) is 68.0 Å². The SMILES string of the molecule is CN=C(NCCCN1CCCC(C)C1)NC1CCN(c2cc(OC)cc(OC)c2)CC1. The number of nitrogens with zero attached hydrogens (tertiary/aromatic N) is 3. The van der Waals surface area contributed by atoms with Gasteiger partial charge in [-0.15, -0.1) is 0 Å². The van der Waals surface area contributed by atoms with Crippen molar-refractivity contribution in [1.82, 2.24) is 15.5 Å². The number of methoxy groups -OCH3 is 2. The van der Waals surface area contributed by atoms with Gasteiger partial charge < -0.3 is 29.9 Å². The van der Waals surface area contributed by atoms with Crippen molar-refractivity contribution in [1.29, 1.82) is 0 Å². The Morgan fingerprint density at radius 2 is 1.77 bits per heavy atom. The molecular weight excluding hydrogens is 390 g/mol. The second kappa shape index (κ2) is 12.0. The zero-order valence-electron chi connectivity index (χ0n) is 19.8. The molecule has 2 saturated heterocycles. The fraction of sp³-hybridized carbons (Fsp3) is 0.708. The fourth-order valence-electron chi connectivity index (χ4n) is 4.64. The molecule has 0 amide bonds. The lowest BCUT2D eigenvalue weighted by atomic mass is 10.0. The normalized spacial score (nSPS) is 21.1. The molecule has 0 radical (unpaired) electrons. The second-order valence-electron chi connectivity index (χ2n) is 8.88. The van der Waals surface area contributed by atoms with E-state index in [9.17, 15) is 0 Å². The van der Waals surface area contributed by atoms with Gasteiger partial charge >= 0.3 is 0 Å². The molecule has 2 aliphatic rings. The first-order valence-corrected chi connectivity index (χ1v) is 11.8. The van der Waals surface area contributed by atoms with Gasteiger partial charge in [0.2, 0.25) is 0 Å².